The fourth-order valence-electron chi connectivity index (χ4n) is 3.74. The molecule has 1 spiro atoms. The van der Waals surface area contributed by atoms with Crippen molar-refractivity contribution < 1.29 is 0 Å². The van der Waals surface area contributed by atoms with Crippen molar-refractivity contribution in [3.8, 4) is 0 Å². The predicted molar refractivity (Wildman–Crippen MR) is 105 cm³/mol. The normalized spacial score (nSPS) is 22.3. The van der Waals surface area contributed by atoms with Crippen LogP contribution in [0.25, 0.3) is 0 Å². The van der Waals surface area contributed by atoms with Gasteiger partial charge in [-0.3, -0.25) is 0 Å². The van der Waals surface area contributed by atoms with Crippen LogP contribution < -0.4 is 10.2 Å². The second kappa shape index (κ2) is 6.02. The van der Waals surface area contributed by atoms with Crippen LogP contribution in [0.5, 0.6) is 0 Å². The summed E-state index contributed by atoms with van der Waals surface area (Å²) in [6.45, 7) is 2.70. The summed E-state index contributed by atoms with van der Waals surface area (Å²) in [6.07, 6.45) is 2.75. The maximum Gasteiger partial charge on any atom is 0.191 e. The van der Waals surface area contributed by atoms with E-state index < -0.39 is 0 Å². The minimum absolute atomic E-state index is 0.0132. The highest BCUT2D eigenvalue weighted by atomic mass is 35.5. The largest absolute Gasteiger partial charge is 0.366 e. The molecule has 1 aromatic heterocycles. The first-order valence-corrected chi connectivity index (χ1v) is 9.66. The third-order valence-electron chi connectivity index (χ3n) is 4.83. The number of rotatable bonds is 1. The standard InChI is InChI=1S/C16H16Cl2N4S2/c1-19-14(23)21-5-4-16(8-21)9-22(15-20-7-13(18)24-15)12-3-2-10(17)6-11(12)16/h2-3,6-7H,4-5,8-9H2,1H3,(H,19,23). The molecular formula is C16H16Cl2N4S2. The Bertz CT molecular complexity index is 809. The van der Waals surface area contributed by atoms with Crippen LogP contribution in [-0.4, -0.2) is 41.7 Å². The molecule has 1 unspecified atom stereocenters. The Balaban J connectivity index is 1.76. The highest BCUT2D eigenvalue weighted by molar-refractivity contribution is 7.80. The molecule has 24 heavy (non-hydrogen) atoms. The van der Waals surface area contributed by atoms with E-state index in [-0.39, 0.29) is 5.41 Å². The van der Waals surface area contributed by atoms with E-state index in [1.165, 1.54) is 22.6 Å². The lowest BCUT2D eigenvalue weighted by Crippen LogP contribution is -2.40. The van der Waals surface area contributed by atoms with Crippen molar-refractivity contribution in [2.75, 3.05) is 31.6 Å². The monoisotopic (exact) mass is 398 g/mol. The molecule has 0 bridgehead atoms. The SMILES string of the molecule is CNC(=S)N1CCC2(C1)CN(c1ncc(Cl)s1)c1ccc(Cl)cc12. The summed E-state index contributed by atoms with van der Waals surface area (Å²) in [7, 11) is 1.87. The lowest BCUT2D eigenvalue weighted by Gasteiger charge is -2.26. The number of halogens is 2. The summed E-state index contributed by atoms with van der Waals surface area (Å²) in [4.78, 5) is 8.96. The van der Waals surface area contributed by atoms with Gasteiger partial charge in [-0.25, -0.2) is 4.98 Å². The van der Waals surface area contributed by atoms with E-state index in [2.05, 4.69) is 32.2 Å². The van der Waals surface area contributed by atoms with Crippen LogP contribution >= 0.6 is 46.8 Å². The molecule has 8 heteroatoms. The van der Waals surface area contributed by atoms with Gasteiger partial charge in [0.25, 0.3) is 0 Å². The first-order chi connectivity index (χ1) is 11.5. The van der Waals surface area contributed by atoms with Gasteiger partial charge in [-0.1, -0.05) is 34.5 Å². The van der Waals surface area contributed by atoms with Crippen molar-refractivity contribution in [3.05, 3.63) is 39.3 Å². The molecule has 0 amide bonds. The van der Waals surface area contributed by atoms with E-state index in [9.17, 15) is 0 Å². The Kier molecular flexibility index (Phi) is 4.11. The van der Waals surface area contributed by atoms with Crippen LogP contribution in [-0.2, 0) is 5.41 Å². The third kappa shape index (κ3) is 2.56. The molecular weight excluding hydrogens is 383 g/mol. The van der Waals surface area contributed by atoms with Gasteiger partial charge in [-0.15, -0.1) is 0 Å². The zero-order valence-corrected chi connectivity index (χ0v) is 16.2. The van der Waals surface area contributed by atoms with Crippen LogP contribution in [0, 0.1) is 0 Å². The molecule has 126 valence electrons. The Morgan fingerprint density at radius 3 is 2.92 bits per heavy atom. The summed E-state index contributed by atoms with van der Waals surface area (Å²) in [5.41, 5.74) is 2.46. The van der Waals surface area contributed by atoms with Crippen molar-refractivity contribution >= 4 is 62.7 Å². The number of hydrogen-bond donors (Lipinski definition) is 1. The minimum atomic E-state index is 0.0132. The summed E-state index contributed by atoms with van der Waals surface area (Å²) in [5, 5.41) is 5.57. The molecule has 1 N–H and O–H groups in total. The molecule has 2 aliphatic rings. The van der Waals surface area contributed by atoms with Gasteiger partial charge in [-0.2, -0.15) is 0 Å². The molecule has 0 aliphatic carbocycles. The van der Waals surface area contributed by atoms with Crippen LogP contribution in [0.2, 0.25) is 9.36 Å². The predicted octanol–water partition coefficient (Wildman–Crippen LogP) is 4.05. The number of likely N-dealkylation sites (tertiary alicyclic amines) is 1. The summed E-state index contributed by atoms with van der Waals surface area (Å²) in [6, 6.07) is 6.12. The van der Waals surface area contributed by atoms with Gasteiger partial charge in [-0.05, 0) is 42.4 Å². The first-order valence-electron chi connectivity index (χ1n) is 7.68. The Morgan fingerprint density at radius 2 is 2.21 bits per heavy atom. The van der Waals surface area contributed by atoms with E-state index in [0.717, 1.165) is 41.3 Å². The minimum Gasteiger partial charge on any atom is -0.366 e. The highest BCUT2D eigenvalue weighted by Crippen LogP contribution is 2.50. The van der Waals surface area contributed by atoms with Crippen molar-refractivity contribution in [3.63, 3.8) is 0 Å². The number of aromatic nitrogens is 1. The smallest absolute Gasteiger partial charge is 0.191 e. The molecule has 0 saturated carbocycles. The number of fused-ring (bicyclic) bond motifs is 2. The average Bonchev–Trinajstić information content (AvgIpc) is 3.26. The molecule has 3 heterocycles. The van der Waals surface area contributed by atoms with Gasteiger partial charge in [0.05, 0.1) is 6.20 Å². The zero-order chi connectivity index (χ0) is 16.9. The van der Waals surface area contributed by atoms with E-state index >= 15 is 0 Å². The summed E-state index contributed by atoms with van der Waals surface area (Å²) >= 11 is 19.3. The third-order valence-corrected chi connectivity index (χ3v) is 6.67. The highest BCUT2D eigenvalue weighted by Gasteiger charge is 2.48. The number of thiazole rings is 1. The van der Waals surface area contributed by atoms with Crippen LogP contribution in [0.15, 0.2) is 24.4 Å². The van der Waals surface area contributed by atoms with Crippen LogP contribution in [0.3, 0.4) is 0 Å². The second-order valence-corrected chi connectivity index (χ2v) is 8.67. The maximum absolute atomic E-state index is 6.30. The van der Waals surface area contributed by atoms with Gasteiger partial charge in [0.1, 0.15) is 4.34 Å². The molecule has 1 fully saturated rings. The van der Waals surface area contributed by atoms with Gasteiger partial charge in [0, 0.05) is 42.8 Å². The topological polar surface area (TPSA) is 31.4 Å². The fourth-order valence-corrected chi connectivity index (χ4v) is 4.98. The van der Waals surface area contributed by atoms with Crippen molar-refractivity contribution in [2.45, 2.75) is 11.8 Å². The molecule has 1 atom stereocenters. The summed E-state index contributed by atoms with van der Waals surface area (Å²) in [5.74, 6) is 0. The lowest BCUT2D eigenvalue weighted by atomic mass is 9.81. The van der Waals surface area contributed by atoms with Gasteiger partial charge in [0.15, 0.2) is 10.2 Å². The zero-order valence-electron chi connectivity index (χ0n) is 13.1. The quantitative estimate of drug-likeness (QED) is 0.732. The van der Waals surface area contributed by atoms with Crippen molar-refractivity contribution in [1.82, 2.24) is 15.2 Å². The van der Waals surface area contributed by atoms with E-state index in [0.29, 0.717) is 4.34 Å². The average molecular weight is 399 g/mol. The van der Waals surface area contributed by atoms with Gasteiger partial charge >= 0.3 is 0 Å². The molecule has 2 aliphatic heterocycles. The molecule has 1 saturated heterocycles. The molecule has 2 aromatic rings. The lowest BCUT2D eigenvalue weighted by molar-refractivity contribution is 0.442. The Hall–Kier alpha value is -1.08. The molecule has 4 rings (SSSR count). The number of benzene rings is 1. The summed E-state index contributed by atoms with van der Waals surface area (Å²) < 4.78 is 0.700. The van der Waals surface area contributed by atoms with E-state index in [1.54, 1.807) is 6.20 Å². The fraction of sp³-hybridized carbons (Fsp3) is 0.375. The number of nitrogens with one attached hydrogen (secondary N) is 1. The van der Waals surface area contributed by atoms with Crippen molar-refractivity contribution in [1.29, 1.82) is 0 Å². The van der Waals surface area contributed by atoms with Gasteiger partial charge in [0.2, 0.25) is 0 Å². The number of hydrogen-bond acceptors (Lipinski definition) is 4. The van der Waals surface area contributed by atoms with Crippen LogP contribution in [0.1, 0.15) is 12.0 Å². The number of thiocarbonyl (C=S) groups is 1. The Morgan fingerprint density at radius 1 is 1.38 bits per heavy atom. The Labute approximate surface area is 160 Å². The molecule has 4 nitrogen and oxygen atoms in total. The van der Waals surface area contributed by atoms with Crippen molar-refractivity contribution in [2.24, 2.45) is 0 Å². The molecule has 1 aromatic carbocycles. The first kappa shape index (κ1) is 16.4. The van der Waals surface area contributed by atoms with Crippen LogP contribution in [0.4, 0.5) is 10.8 Å². The van der Waals surface area contributed by atoms with Gasteiger partial charge < -0.3 is 15.1 Å². The number of anilines is 2. The number of nitrogens with zero attached hydrogens (tertiary/aromatic N) is 3. The maximum atomic E-state index is 6.30. The van der Waals surface area contributed by atoms with E-state index in [4.69, 9.17) is 35.4 Å². The second-order valence-electron chi connectivity index (χ2n) is 6.20. The van der Waals surface area contributed by atoms with E-state index in [1.807, 2.05) is 13.1 Å². The molecule has 0 radical (unpaired) electrons.